The van der Waals surface area contributed by atoms with Gasteiger partial charge in [0.1, 0.15) is 0 Å². The average Bonchev–Trinajstić information content (AvgIpc) is 2.33. The second kappa shape index (κ2) is 5.19. The van der Waals surface area contributed by atoms with Crippen molar-refractivity contribution in [1.29, 1.82) is 0 Å². The quantitative estimate of drug-likeness (QED) is 0.849. The Hall–Kier alpha value is -0.860. The molecule has 2 N–H and O–H groups in total. The van der Waals surface area contributed by atoms with Gasteiger partial charge in [0, 0.05) is 24.7 Å². The van der Waals surface area contributed by atoms with Crippen LogP contribution in [0.5, 0.6) is 0 Å². The monoisotopic (exact) mass is 232 g/mol. The number of nitrogens with two attached hydrogens (primary N) is 1. The molecular formula is C15H24N2. The first-order chi connectivity index (χ1) is 8.09. The molecule has 0 spiro atoms. The van der Waals surface area contributed by atoms with Gasteiger partial charge in [-0.2, -0.15) is 0 Å². The molecule has 0 aromatic heterocycles. The van der Waals surface area contributed by atoms with E-state index in [9.17, 15) is 0 Å². The summed E-state index contributed by atoms with van der Waals surface area (Å²) in [5.41, 5.74) is 7.62. The standard InChI is InChI=1S/C15H24N2/c1-11-9-15(16)13(3)17(12(11)2)10-14-7-5-4-6-8-14/h4-8,11-13,15H,9-10,16H2,1-3H3/t11-,12+,13+,15+/m1/s1. The predicted molar refractivity (Wildman–Crippen MR) is 72.7 cm³/mol. The van der Waals surface area contributed by atoms with Gasteiger partial charge in [0.05, 0.1) is 0 Å². The molecule has 0 amide bonds. The van der Waals surface area contributed by atoms with Gasteiger partial charge in [-0.05, 0) is 31.7 Å². The third-order valence-corrected chi connectivity index (χ3v) is 4.34. The summed E-state index contributed by atoms with van der Waals surface area (Å²) in [6, 6.07) is 12.1. The van der Waals surface area contributed by atoms with E-state index in [0.29, 0.717) is 24.0 Å². The van der Waals surface area contributed by atoms with Crippen molar-refractivity contribution in [3.05, 3.63) is 35.9 Å². The molecular weight excluding hydrogens is 208 g/mol. The zero-order chi connectivity index (χ0) is 12.4. The SMILES string of the molecule is C[C@@H]1C[C@H](N)[C@H](C)N(Cc2ccccc2)[C@H]1C. The molecule has 2 nitrogen and oxygen atoms in total. The van der Waals surface area contributed by atoms with Crippen LogP contribution in [0, 0.1) is 5.92 Å². The Morgan fingerprint density at radius 1 is 1.12 bits per heavy atom. The molecule has 1 heterocycles. The maximum Gasteiger partial charge on any atom is 0.0240 e. The summed E-state index contributed by atoms with van der Waals surface area (Å²) in [6.07, 6.45) is 1.15. The first-order valence-corrected chi connectivity index (χ1v) is 6.65. The highest BCUT2D eigenvalue weighted by molar-refractivity contribution is 5.15. The second-order valence-corrected chi connectivity index (χ2v) is 5.52. The minimum atomic E-state index is 0.310. The largest absolute Gasteiger partial charge is 0.326 e. The Labute approximate surface area is 105 Å². The van der Waals surface area contributed by atoms with E-state index in [1.165, 1.54) is 5.56 Å². The highest BCUT2D eigenvalue weighted by Gasteiger charge is 2.34. The molecule has 1 aliphatic rings. The van der Waals surface area contributed by atoms with Crippen LogP contribution in [0.15, 0.2) is 30.3 Å². The molecule has 0 aliphatic carbocycles. The number of rotatable bonds is 2. The van der Waals surface area contributed by atoms with Crippen molar-refractivity contribution in [2.45, 2.75) is 51.9 Å². The Kier molecular flexibility index (Phi) is 3.85. The van der Waals surface area contributed by atoms with Crippen molar-refractivity contribution in [2.75, 3.05) is 0 Å². The third-order valence-electron chi connectivity index (χ3n) is 4.34. The first-order valence-electron chi connectivity index (χ1n) is 6.65. The molecule has 2 heteroatoms. The van der Waals surface area contributed by atoms with Crippen LogP contribution in [-0.2, 0) is 6.54 Å². The molecule has 1 aromatic carbocycles. The minimum Gasteiger partial charge on any atom is -0.326 e. The lowest BCUT2D eigenvalue weighted by Gasteiger charge is -2.46. The van der Waals surface area contributed by atoms with E-state index in [1.807, 2.05) is 0 Å². The molecule has 94 valence electrons. The van der Waals surface area contributed by atoms with Gasteiger partial charge in [-0.15, -0.1) is 0 Å². The van der Waals surface area contributed by atoms with Gasteiger partial charge in [-0.3, -0.25) is 4.90 Å². The fourth-order valence-corrected chi connectivity index (χ4v) is 2.85. The van der Waals surface area contributed by atoms with Gasteiger partial charge in [0.25, 0.3) is 0 Å². The molecule has 0 bridgehead atoms. The summed E-state index contributed by atoms with van der Waals surface area (Å²) in [6.45, 7) is 7.92. The third kappa shape index (κ3) is 2.70. The normalized spacial score (nSPS) is 34.8. The lowest BCUT2D eigenvalue weighted by atomic mass is 9.84. The minimum absolute atomic E-state index is 0.310. The zero-order valence-electron chi connectivity index (χ0n) is 11.1. The van der Waals surface area contributed by atoms with Crippen LogP contribution in [0.1, 0.15) is 32.8 Å². The van der Waals surface area contributed by atoms with E-state index >= 15 is 0 Å². The van der Waals surface area contributed by atoms with Crippen molar-refractivity contribution < 1.29 is 0 Å². The topological polar surface area (TPSA) is 29.3 Å². The van der Waals surface area contributed by atoms with Crippen molar-refractivity contribution in [1.82, 2.24) is 4.90 Å². The van der Waals surface area contributed by atoms with Gasteiger partial charge in [-0.25, -0.2) is 0 Å². The van der Waals surface area contributed by atoms with Crippen LogP contribution in [-0.4, -0.2) is 23.0 Å². The maximum atomic E-state index is 6.23. The number of benzene rings is 1. The van der Waals surface area contributed by atoms with E-state index < -0.39 is 0 Å². The van der Waals surface area contributed by atoms with Gasteiger partial charge in [0.15, 0.2) is 0 Å². The summed E-state index contributed by atoms with van der Waals surface area (Å²) in [5, 5.41) is 0. The fraction of sp³-hybridized carbons (Fsp3) is 0.600. The van der Waals surface area contributed by atoms with Crippen LogP contribution >= 0.6 is 0 Å². The van der Waals surface area contributed by atoms with E-state index in [0.717, 1.165) is 13.0 Å². The molecule has 17 heavy (non-hydrogen) atoms. The molecule has 0 unspecified atom stereocenters. The van der Waals surface area contributed by atoms with Crippen LogP contribution in [0.25, 0.3) is 0 Å². The van der Waals surface area contributed by atoms with Gasteiger partial charge >= 0.3 is 0 Å². The van der Waals surface area contributed by atoms with Gasteiger partial charge in [0.2, 0.25) is 0 Å². The number of hydrogen-bond donors (Lipinski definition) is 1. The van der Waals surface area contributed by atoms with Gasteiger partial charge < -0.3 is 5.73 Å². The van der Waals surface area contributed by atoms with E-state index in [1.54, 1.807) is 0 Å². The molecule has 2 rings (SSSR count). The Morgan fingerprint density at radius 2 is 1.76 bits per heavy atom. The lowest BCUT2D eigenvalue weighted by molar-refractivity contribution is 0.0425. The number of hydrogen-bond acceptors (Lipinski definition) is 2. The fourth-order valence-electron chi connectivity index (χ4n) is 2.85. The van der Waals surface area contributed by atoms with Gasteiger partial charge in [-0.1, -0.05) is 37.3 Å². The molecule has 4 atom stereocenters. The Bertz CT molecular complexity index is 335. The average molecular weight is 232 g/mol. The molecule has 0 radical (unpaired) electrons. The lowest BCUT2D eigenvalue weighted by Crippen LogP contribution is -2.56. The van der Waals surface area contributed by atoms with Crippen molar-refractivity contribution in [3.8, 4) is 0 Å². The van der Waals surface area contributed by atoms with E-state index in [-0.39, 0.29) is 0 Å². The van der Waals surface area contributed by atoms with Crippen LogP contribution in [0.2, 0.25) is 0 Å². The maximum absolute atomic E-state index is 6.23. The van der Waals surface area contributed by atoms with Crippen LogP contribution < -0.4 is 5.73 Å². The van der Waals surface area contributed by atoms with Crippen molar-refractivity contribution >= 4 is 0 Å². The van der Waals surface area contributed by atoms with Crippen LogP contribution in [0.3, 0.4) is 0 Å². The van der Waals surface area contributed by atoms with E-state index in [4.69, 9.17) is 5.73 Å². The smallest absolute Gasteiger partial charge is 0.0240 e. The number of piperidine rings is 1. The molecule has 1 aromatic rings. The van der Waals surface area contributed by atoms with Crippen molar-refractivity contribution in [2.24, 2.45) is 11.7 Å². The molecule has 0 saturated carbocycles. The summed E-state index contributed by atoms with van der Waals surface area (Å²) in [4.78, 5) is 2.55. The predicted octanol–water partition coefficient (Wildman–Crippen LogP) is 2.63. The zero-order valence-corrected chi connectivity index (χ0v) is 11.1. The summed E-state index contributed by atoms with van der Waals surface area (Å²) in [5.74, 6) is 0.685. The summed E-state index contributed by atoms with van der Waals surface area (Å²) in [7, 11) is 0. The molecule has 1 saturated heterocycles. The second-order valence-electron chi connectivity index (χ2n) is 5.52. The Morgan fingerprint density at radius 3 is 2.41 bits per heavy atom. The van der Waals surface area contributed by atoms with E-state index in [2.05, 4.69) is 56.0 Å². The highest BCUT2D eigenvalue weighted by atomic mass is 15.2. The number of likely N-dealkylation sites (tertiary alicyclic amines) is 1. The summed E-state index contributed by atoms with van der Waals surface area (Å²) < 4.78 is 0. The van der Waals surface area contributed by atoms with Crippen molar-refractivity contribution in [3.63, 3.8) is 0 Å². The number of nitrogens with zero attached hydrogens (tertiary/aromatic N) is 1. The van der Waals surface area contributed by atoms with Crippen LogP contribution in [0.4, 0.5) is 0 Å². The highest BCUT2D eigenvalue weighted by Crippen LogP contribution is 2.28. The summed E-state index contributed by atoms with van der Waals surface area (Å²) >= 11 is 0. The molecule has 1 fully saturated rings. The molecule has 1 aliphatic heterocycles. The Balaban J connectivity index is 2.12. The first kappa shape index (κ1) is 12.6.